The topological polar surface area (TPSA) is 110 Å². The number of methoxy groups -OCH3 is 1. The van der Waals surface area contributed by atoms with Crippen LogP contribution in [-0.2, 0) is 4.79 Å². The van der Waals surface area contributed by atoms with E-state index in [1.54, 1.807) is 42.5 Å². The molecule has 0 spiro atoms. The van der Waals surface area contributed by atoms with Crippen LogP contribution in [0, 0.1) is 0 Å². The molecule has 9 heteroatoms. The molecule has 3 aromatic rings. The third kappa shape index (κ3) is 4.85. The molecule has 0 fully saturated rings. The lowest BCUT2D eigenvalue weighted by Crippen LogP contribution is -2.23. The first-order valence-corrected chi connectivity index (χ1v) is 8.85. The van der Waals surface area contributed by atoms with Crippen LogP contribution >= 0.6 is 11.6 Å². The number of hydrogen-bond acceptors (Lipinski definition) is 6. The van der Waals surface area contributed by atoms with Gasteiger partial charge in [-0.15, -0.1) is 0 Å². The molecule has 0 aliphatic rings. The van der Waals surface area contributed by atoms with Gasteiger partial charge >= 0.3 is 11.9 Å². The van der Waals surface area contributed by atoms with E-state index in [1.807, 2.05) is 0 Å². The Morgan fingerprint density at radius 1 is 1.21 bits per heavy atom. The van der Waals surface area contributed by atoms with Crippen LogP contribution in [-0.4, -0.2) is 36.4 Å². The zero-order valence-corrected chi connectivity index (χ0v) is 16.3. The normalized spacial score (nSPS) is 12.1. The molecule has 2 aromatic carbocycles. The molecule has 1 amide bonds. The molecule has 0 unspecified atom stereocenters. The molecule has 0 aliphatic carbocycles. The summed E-state index contributed by atoms with van der Waals surface area (Å²) >= 11 is 5.92. The van der Waals surface area contributed by atoms with Gasteiger partial charge in [0.1, 0.15) is 5.58 Å². The first-order chi connectivity index (χ1) is 13.9. The maximum absolute atomic E-state index is 12.2. The number of carboxylic acid groups (broad SMARTS) is 1. The van der Waals surface area contributed by atoms with Crippen molar-refractivity contribution in [2.75, 3.05) is 7.11 Å². The molecule has 150 valence electrons. The second kappa shape index (κ2) is 8.66. The van der Waals surface area contributed by atoms with E-state index >= 15 is 0 Å². The van der Waals surface area contributed by atoms with Gasteiger partial charge in [0.05, 0.1) is 13.3 Å². The standard InChI is InChI=1S/C20H17ClN2O6/c1-11(20(25)26)28-16-5-3-12(7-17(16)27-2)10-22-23-19(24)18-9-13-8-14(21)4-6-15(13)29-18/h3-11H,1-2H3,(H,23,24)(H,25,26)/b22-10-/t11-/m1/s1. The fraction of sp³-hybridized carbons (Fsp3) is 0.150. The van der Waals surface area contributed by atoms with Gasteiger partial charge in [-0.3, -0.25) is 4.79 Å². The number of rotatable bonds is 7. The second-order valence-corrected chi connectivity index (χ2v) is 6.44. The Balaban J connectivity index is 1.68. The number of benzene rings is 2. The number of furan rings is 1. The summed E-state index contributed by atoms with van der Waals surface area (Å²) in [6.07, 6.45) is 0.381. The van der Waals surface area contributed by atoms with Crippen LogP contribution in [0.15, 0.2) is 52.0 Å². The molecule has 1 atom stereocenters. The number of carbonyl (C=O) groups is 2. The van der Waals surface area contributed by atoms with E-state index in [0.717, 1.165) is 0 Å². The van der Waals surface area contributed by atoms with Crippen LogP contribution in [0.1, 0.15) is 23.0 Å². The van der Waals surface area contributed by atoms with Crippen LogP contribution in [0.5, 0.6) is 11.5 Å². The predicted molar refractivity (Wildman–Crippen MR) is 107 cm³/mol. The van der Waals surface area contributed by atoms with Gasteiger partial charge in [-0.2, -0.15) is 5.10 Å². The minimum absolute atomic E-state index is 0.100. The van der Waals surface area contributed by atoms with Gasteiger partial charge in [0.25, 0.3) is 0 Å². The zero-order chi connectivity index (χ0) is 21.0. The number of halogens is 1. The van der Waals surface area contributed by atoms with Crippen molar-refractivity contribution < 1.29 is 28.6 Å². The number of carbonyl (C=O) groups excluding carboxylic acids is 1. The summed E-state index contributed by atoms with van der Waals surface area (Å²) in [5.74, 6) is -0.889. The number of fused-ring (bicyclic) bond motifs is 1. The molecular formula is C20H17ClN2O6. The van der Waals surface area contributed by atoms with Gasteiger partial charge in [-0.05, 0) is 55.0 Å². The second-order valence-electron chi connectivity index (χ2n) is 6.00. The van der Waals surface area contributed by atoms with Crippen molar-refractivity contribution >= 4 is 40.7 Å². The Labute approximate surface area is 170 Å². The zero-order valence-electron chi connectivity index (χ0n) is 15.5. The minimum Gasteiger partial charge on any atom is -0.493 e. The van der Waals surface area contributed by atoms with E-state index in [-0.39, 0.29) is 11.5 Å². The summed E-state index contributed by atoms with van der Waals surface area (Å²) in [5, 5.41) is 14.1. The fourth-order valence-electron chi connectivity index (χ4n) is 2.45. The van der Waals surface area contributed by atoms with E-state index in [0.29, 0.717) is 27.3 Å². The molecule has 0 radical (unpaired) electrons. The Morgan fingerprint density at radius 3 is 2.72 bits per heavy atom. The number of hydrazone groups is 1. The Morgan fingerprint density at radius 2 is 2.00 bits per heavy atom. The lowest BCUT2D eigenvalue weighted by molar-refractivity contribution is -0.144. The largest absolute Gasteiger partial charge is 0.493 e. The number of amides is 1. The summed E-state index contributed by atoms with van der Waals surface area (Å²) in [6.45, 7) is 1.42. The molecule has 2 N–H and O–H groups in total. The summed E-state index contributed by atoms with van der Waals surface area (Å²) in [4.78, 5) is 23.1. The van der Waals surface area contributed by atoms with Crippen molar-refractivity contribution in [3.8, 4) is 11.5 Å². The van der Waals surface area contributed by atoms with Crippen LogP contribution < -0.4 is 14.9 Å². The lowest BCUT2D eigenvalue weighted by Gasteiger charge is -2.13. The molecule has 0 bridgehead atoms. The van der Waals surface area contributed by atoms with E-state index in [2.05, 4.69) is 10.5 Å². The van der Waals surface area contributed by atoms with Gasteiger partial charge in [0.2, 0.25) is 0 Å². The molecule has 8 nitrogen and oxygen atoms in total. The van der Waals surface area contributed by atoms with Crippen LogP contribution in [0.2, 0.25) is 5.02 Å². The molecule has 29 heavy (non-hydrogen) atoms. The highest BCUT2D eigenvalue weighted by atomic mass is 35.5. The average molecular weight is 417 g/mol. The fourth-order valence-corrected chi connectivity index (χ4v) is 2.63. The molecule has 1 aromatic heterocycles. The molecular weight excluding hydrogens is 400 g/mol. The molecule has 3 rings (SSSR count). The van der Waals surface area contributed by atoms with Crippen molar-refractivity contribution in [2.24, 2.45) is 5.10 Å². The quantitative estimate of drug-likeness (QED) is 0.448. The third-order valence-corrected chi connectivity index (χ3v) is 4.16. The van der Waals surface area contributed by atoms with Crippen molar-refractivity contribution in [1.82, 2.24) is 5.43 Å². The summed E-state index contributed by atoms with van der Waals surface area (Å²) in [7, 11) is 1.43. The van der Waals surface area contributed by atoms with Crippen molar-refractivity contribution in [3.05, 3.63) is 58.8 Å². The average Bonchev–Trinajstić information content (AvgIpc) is 3.12. The monoisotopic (exact) mass is 416 g/mol. The Bertz CT molecular complexity index is 1090. The molecule has 1 heterocycles. The minimum atomic E-state index is -1.09. The van der Waals surface area contributed by atoms with Gasteiger partial charge in [-0.1, -0.05) is 11.6 Å². The van der Waals surface area contributed by atoms with Gasteiger partial charge in [0, 0.05) is 10.4 Å². The third-order valence-electron chi connectivity index (χ3n) is 3.92. The van der Waals surface area contributed by atoms with E-state index in [1.165, 1.54) is 20.2 Å². The van der Waals surface area contributed by atoms with Gasteiger partial charge in [-0.25, -0.2) is 10.2 Å². The summed E-state index contributed by atoms with van der Waals surface area (Å²) in [6, 6.07) is 11.4. The number of hydrogen-bond donors (Lipinski definition) is 2. The van der Waals surface area contributed by atoms with Crippen LogP contribution in [0.25, 0.3) is 11.0 Å². The lowest BCUT2D eigenvalue weighted by atomic mass is 10.2. The van der Waals surface area contributed by atoms with Crippen molar-refractivity contribution in [2.45, 2.75) is 13.0 Å². The first kappa shape index (κ1) is 20.2. The van der Waals surface area contributed by atoms with Gasteiger partial charge < -0.3 is 19.0 Å². The summed E-state index contributed by atoms with van der Waals surface area (Å²) in [5.41, 5.74) is 3.52. The smallest absolute Gasteiger partial charge is 0.344 e. The highest BCUT2D eigenvalue weighted by Gasteiger charge is 2.15. The van der Waals surface area contributed by atoms with Gasteiger partial charge in [0.15, 0.2) is 23.4 Å². The number of nitrogens with zero attached hydrogens (tertiary/aromatic N) is 1. The maximum Gasteiger partial charge on any atom is 0.344 e. The van der Waals surface area contributed by atoms with E-state index in [9.17, 15) is 9.59 Å². The summed E-state index contributed by atoms with van der Waals surface area (Å²) < 4.78 is 16.0. The van der Waals surface area contributed by atoms with Crippen LogP contribution in [0.4, 0.5) is 0 Å². The highest BCUT2D eigenvalue weighted by molar-refractivity contribution is 6.31. The Kier molecular flexibility index (Phi) is 6.04. The van der Waals surface area contributed by atoms with E-state index < -0.39 is 18.0 Å². The predicted octanol–water partition coefficient (Wildman–Crippen LogP) is 3.71. The number of nitrogens with one attached hydrogen (secondary N) is 1. The van der Waals surface area contributed by atoms with E-state index in [4.69, 9.17) is 30.6 Å². The maximum atomic E-state index is 12.2. The van der Waals surface area contributed by atoms with Crippen molar-refractivity contribution in [3.63, 3.8) is 0 Å². The number of carboxylic acids is 1. The van der Waals surface area contributed by atoms with Crippen molar-refractivity contribution in [1.29, 1.82) is 0 Å². The highest BCUT2D eigenvalue weighted by Crippen LogP contribution is 2.28. The molecule has 0 aliphatic heterocycles. The molecule has 0 saturated carbocycles. The molecule has 0 saturated heterocycles. The number of aliphatic carboxylic acids is 1. The Hall–Kier alpha value is -3.52. The van der Waals surface area contributed by atoms with Crippen LogP contribution in [0.3, 0.4) is 0 Å². The SMILES string of the molecule is COc1cc(/C=N\NC(=O)c2cc3cc(Cl)ccc3o2)ccc1O[C@H](C)C(=O)O. The number of ether oxygens (including phenoxy) is 2. The first-order valence-electron chi connectivity index (χ1n) is 8.47.